The van der Waals surface area contributed by atoms with Crippen LogP contribution in [0.3, 0.4) is 0 Å². The second kappa shape index (κ2) is 4.08. The van der Waals surface area contributed by atoms with E-state index in [0.717, 1.165) is 5.82 Å². The molecule has 70 valence electrons. The zero-order valence-corrected chi connectivity index (χ0v) is 8.36. The molecule has 0 fully saturated rings. The molecule has 1 aromatic rings. The maximum Gasteiger partial charge on any atom is 0.111 e. The number of nitriles is 1. The summed E-state index contributed by atoms with van der Waals surface area (Å²) in [7, 11) is 0. The van der Waals surface area contributed by atoms with E-state index in [1.54, 1.807) is 6.20 Å². The lowest BCUT2D eigenvalue weighted by atomic mass is 10.2. The van der Waals surface area contributed by atoms with Gasteiger partial charge >= 0.3 is 0 Å². The second-order valence-electron chi connectivity index (χ2n) is 3.56. The van der Waals surface area contributed by atoms with E-state index >= 15 is 0 Å². The monoisotopic (exact) mass is 177 g/mol. The number of imidazole rings is 1. The minimum Gasteiger partial charge on any atom is -0.331 e. The first-order valence-corrected chi connectivity index (χ1v) is 4.56. The van der Waals surface area contributed by atoms with Gasteiger partial charge in [-0.05, 0) is 6.92 Å². The molecule has 1 atom stereocenters. The molecule has 0 aromatic carbocycles. The van der Waals surface area contributed by atoms with E-state index in [-0.39, 0.29) is 6.04 Å². The van der Waals surface area contributed by atoms with Gasteiger partial charge in [-0.25, -0.2) is 4.98 Å². The van der Waals surface area contributed by atoms with Crippen molar-refractivity contribution in [2.75, 3.05) is 0 Å². The molecule has 3 nitrogen and oxygen atoms in total. The van der Waals surface area contributed by atoms with Gasteiger partial charge in [-0.2, -0.15) is 5.26 Å². The summed E-state index contributed by atoms with van der Waals surface area (Å²) in [6.07, 6.45) is 4.27. The number of hydrogen-bond acceptors (Lipinski definition) is 2. The Morgan fingerprint density at radius 3 is 2.77 bits per heavy atom. The molecule has 3 heteroatoms. The van der Waals surface area contributed by atoms with Crippen molar-refractivity contribution in [1.29, 1.82) is 5.26 Å². The first-order valence-electron chi connectivity index (χ1n) is 4.56. The van der Waals surface area contributed by atoms with Crippen LogP contribution in [0, 0.1) is 11.3 Å². The average molecular weight is 177 g/mol. The Hall–Kier alpha value is -1.30. The molecular weight excluding hydrogens is 162 g/mol. The molecule has 0 N–H and O–H groups in total. The summed E-state index contributed by atoms with van der Waals surface area (Å²) in [6, 6.07) is 2.40. The third-order valence-electron chi connectivity index (χ3n) is 2.08. The van der Waals surface area contributed by atoms with Gasteiger partial charge in [0.1, 0.15) is 5.82 Å². The Morgan fingerprint density at radius 2 is 2.23 bits per heavy atom. The zero-order chi connectivity index (χ0) is 9.84. The molecule has 0 saturated heterocycles. The Balaban J connectivity index is 2.88. The normalized spacial score (nSPS) is 12.8. The maximum atomic E-state index is 8.58. The molecule has 13 heavy (non-hydrogen) atoms. The number of aromatic nitrogens is 2. The van der Waals surface area contributed by atoms with Crippen molar-refractivity contribution < 1.29 is 0 Å². The smallest absolute Gasteiger partial charge is 0.111 e. The average Bonchev–Trinajstić information content (AvgIpc) is 2.52. The van der Waals surface area contributed by atoms with E-state index in [2.05, 4.69) is 29.5 Å². The van der Waals surface area contributed by atoms with Gasteiger partial charge in [0.05, 0.1) is 12.5 Å². The van der Waals surface area contributed by atoms with Crippen molar-refractivity contribution in [3.63, 3.8) is 0 Å². The Morgan fingerprint density at radius 1 is 1.54 bits per heavy atom. The lowest BCUT2D eigenvalue weighted by Crippen LogP contribution is -2.09. The van der Waals surface area contributed by atoms with Gasteiger partial charge in [0.25, 0.3) is 0 Å². The van der Waals surface area contributed by atoms with Crippen LogP contribution in [0.15, 0.2) is 12.4 Å². The number of nitrogens with zero attached hydrogens (tertiary/aromatic N) is 3. The molecule has 1 rings (SSSR count). The predicted molar refractivity (Wildman–Crippen MR) is 51.3 cm³/mol. The number of hydrogen-bond donors (Lipinski definition) is 0. The highest BCUT2D eigenvalue weighted by Crippen LogP contribution is 2.18. The summed E-state index contributed by atoms with van der Waals surface area (Å²) in [5, 5.41) is 8.58. The molecule has 0 amide bonds. The van der Waals surface area contributed by atoms with E-state index in [1.165, 1.54) is 0 Å². The SMILES string of the molecule is CC(C)c1nccn1C(C)CC#N. The van der Waals surface area contributed by atoms with Gasteiger partial charge in [0, 0.05) is 24.4 Å². The molecule has 1 aromatic heterocycles. The van der Waals surface area contributed by atoms with Crippen LogP contribution >= 0.6 is 0 Å². The Bertz CT molecular complexity index is 306. The molecular formula is C10H15N3. The second-order valence-corrected chi connectivity index (χ2v) is 3.56. The van der Waals surface area contributed by atoms with Crippen LogP contribution < -0.4 is 0 Å². The molecule has 0 bridgehead atoms. The standard InChI is InChI=1S/C10H15N3/c1-8(2)10-12-6-7-13(10)9(3)4-5-11/h6-9H,4H2,1-3H3. The third kappa shape index (κ3) is 2.09. The van der Waals surface area contributed by atoms with E-state index in [4.69, 9.17) is 5.26 Å². The van der Waals surface area contributed by atoms with Gasteiger partial charge in [-0.3, -0.25) is 0 Å². The van der Waals surface area contributed by atoms with Crippen LogP contribution in [0.2, 0.25) is 0 Å². The van der Waals surface area contributed by atoms with Crippen molar-refractivity contribution in [2.45, 2.75) is 39.2 Å². The summed E-state index contributed by atoms with van der Waals surface area (Å²) < 4.78 is 2.08. The first kappa shape index (κ1) is 9.79. The van der Waals surface area contributed by atoms with Crippen molar-refractivity contribution >= 4 is 0 Å². The van der Waals surface area contributed by atoms with Crippen LogP contribution in [0.25, 0.3) is 0 Å². The van der Waals surface area contributed by atoms with E-state index in [0.29, 0.717) is 12.3 Å². The van der Waals surface area contributed by atoms with Crippen molar-refractivity contribution in [1.82, 2.24) is 9.55 Å². The van der Waals surface area contributed by atoms with E-state index in [9.17, 15) is 0 Å². The van der Waals surface area contributed by atoms with Crippen LogP contribution in [-0.2, 0) is 0 Å². The molecule has 1 unspecified atom stereocenters. The minimum atomic E-state index is 0.227. The highest BCUT2D eigenvalue weighted by Gasteiger charge is 2.11. The zero-order valence-electron chi connectivity index (χ0n) is 8.36. The van der Waals surface area contributed by atoms with Crippen LogP contribution in [0.5, 0.6) is 0 Å². The van der Waals surface area contributed by atoms with E-state index in [1.807, 2.05) is 13.1 Å². The highest BCUT2D eigenvalue weighted by atomic mass is 15.1. The van der Waals surface area contributed by atoms with Gasteiger partial charge in [0.15, 0.2) is 0 Å². The fraction of sp³-hybridized carbons (Fsp3) is 0.600. The van der Waals surface area contributed by atoms with Gasteiger partial charge in [-0.15, -0.1) is 0 Å². The molecule has 1 heterocycles. The Kier molecular flexibility index (Phi) is 3.07. The molecule has 0 aliphatic rings. The summed E-state index contributed by atoms with van der Waals surface area (Å²) in [4.78, 5) is 4.27. The van der Waals surface area contributed by atoms with Crippen LogP contribution in [0.4, 0.5) is 0 Å². The fourth-order valence-corrected chi connectivity index (χ4v) is 1.37. The lowest BCUT2D eigenvalue weighted by Gasteiger charge is -2.14. The molecule has 0 spiro atoms. The van der Waals surface area contributed by atoms with Crippen LogP contribution in [-0.4, -0.2) is 9.55 Å². The largest absolute Gasteiger partial charge is 0.331 e. The highest BCUT2D eigenvalue weighted by molar-refractivity contribution is 5.00. The van der Waals surface area contributed by atoms with Gasteiger partial charge in [-0.1, -0.05) is 13.8 Å². The molecule has 0 radical (unpaired) electrons. The van der Waals surface area contributed by atoms with Gasteiger partial charge < -0.3 is 4.57 Å². The van der Waals surface area contributed by atoms with Gasteiger partial charge in [0.2, 0.25) is 0 Å². The third-order valence-corrected chi connectivity index (χ3v) is 2.08. The topological polar surface area (TPSA) is 41.6 Å². The summed E-state index contributed by atoms with van der Waals surface area (Å²) in [6.45, 7) is 6.26. The van der Waals surface area contributed by atoms with Crippen molar-refractivity contribution in [3.05, 3.63) is 18.2 Å². The predicted octanol–water partition coefficient (Wildman–Crippen LogP) is 2.48. The maximum absolute atomic E-state index is 8.58. The minimum absolute atomic E-state index is 0.227. The number of rotatable bonds is 3. The molecule has 0 aliphatic heterocycles. The Labute approximate surface area is 79.0 Å². The first-order chi connectivity index (χ1) is 6.16. The quantitative estimate of drug-likeness (QED) is 0.711. The fourth-order valence-electron chi connectivity index (χ4n) is 1.37. The summed E-state index contributed by atoms with van der Waals surface area (Å²) >= 11 is 0. The lowest BCUT2D eigenvalue weighted by molar-refractivity contribution is 0.519. The summed E-state index contributed by atoms with van der Waals surface area (Å²) in [5.74, 6) is 1.47. The van der Waals surface area contributed by atoms with E-state index < -0.39 is 0 Å². The molecule has 0 saturated carbocycles. The van der Waals surface area contributed by atoms with Crippen molar-refractivity contribution in [3.8, 4) is 6.07 Å². The summed E-state index contributed by atoms with van der Waals surface area (Å²) in [5.41, 5.74) is 0. The van der Waals surface area contributed by atoms with Crippen LogP contribution in [0.1, 0.15) is 45.0 Å². The van der Waals surface area contributed by atoms with Crippen molar-refractivity contribution in [2.24, 2.45) is 0 Å². The molecule has 0 aliphatic carbocycles.